The number of amides is 2. The summed E-state index contributed by atoms with van der Waals surface area (Å²) >= 11 is 0. The third-order valence-electron chi connectivity index (χ3n) is 2.93. The fourth-order valence-corrected chi connectivity index (χ4v) is 1.97. The molecular weight excluding hydrogens is 274 g/mol. The van der Waals surface area contributed by atoms with Gasteiger partial charge in [0.25, 0.3) is 0 Å². The molecule has 0 aliphatic heterocycles. The van der Waals surface area contributed by atoms with E-state index in [0.29, 0.717) is 12.2 Å². The van der Waals surface area contributed by atoms with Crippen LogP contribution in [-0.2, 0) is 13.6 Å². The number of aromatic nitrogens is 3. The maximum atomic E-state index is 12.1. The Balaban J connectivity index is 2.05. The van der Waals surface area contributed by atoms with Crippen LogP contribution in [-0.4, -0.2) is 43.8 Å². The van der Waals surface area contributed by atoms with Crippen molar-refractivity contribution in [1.29, 1.82) is 0 Å². The molecule has 2 heterocycles. The molecule has 0 spiro atoms. The molecule has 0 saturated carbocycles. The lowest BCUT2D eigenvalue weighted by molar-refractivity contribution is 0.0692. The summed E-state index contributed by atoms with van der Waals surface area (Å²) < 4.78 is 1.65. The first-order chi connectivity index (χ1) is 9.86. The predicted octanol–water partition coefficient (Wildman–Crippen LogP) is 1.42. The van der Waals surface area contributed by atoms with Crippen LogP contribution in [0, 0.1) is 6.92 Å². The molecule has 0 aliphatic carbocycles. The number of H-pyrrole nitrogens is 1. The highest BCUT2D eigenvalue weighted by atomic mass is 16.4. The summed E-state index contributed by atoms with van der Waals surface area (Å²) in [6.07, 6.45) is 3.49. The summed E-state index contributed by atoms with van der Waals surface area (Å²) in [6.45, 7) is 2.10. The largest absolute Gasteiger partial charge is 0.477 e. The van der Waals surface area contributed by atoms with E-state index in [-0.39, 0.29) is 17.4 Å². The molecule has 0 aromatic carbocycles. The zero-order valence-corrected chi connectivity index (χ0v) is 12.0. The molecule has 21 heavy (non-hydrogen) atoms. The summed E-state index contributed by atoms with van der Waals surface area (Å²) in [4.78, 5) is 27.3. The number of carbonyl (C=O) groups is 2. The standard InChI is InChI=1S/C13H17N5O3/c1-8-4-10(11(15-8)12(19)20)16-13(21)17(2)6-9-5-14-18(3)7-9/h4-5,7,15H,6H2,1-3H3,(H,16,21)(H,19,20). The Hall–Kier alpha value is -2.77. The molecule has 3 N–H and O–H groups in total. The second-order valence-electron chi connectivity index (χ2n) is 4.85. The van der Waals surface area contributed by atoms with Crippen LogP contribution < -0.4 is 5.32 Å². The van der Waals surface area contributed by atoms with E-state index in [4.69, 9.17) is 5.11 Å². The second kappa shape index (κ2) is 5.70. The van der Waals surface area contributed by atoms with Crippen LogP contribution in [0.2, 0.25) is 0 Å². The van der Waals surface area contributed by atoms with Gasteiger partial charge in [0.15, 0.2) is 0 Å². The van der Waals surface area contributed by atoms with Gasteiger partial charge in [-0.05, 0) is 13.0 Å². The van der Waals surface area contributed by atoms with Crippen molar-refractivity contribution >= 4 is 17.7 Å². The minimum absolute atomic E-state index is 0.0318. The molecule has 2 amide bonds. The van der Waals surface area contributed by atoms with E-state index in [1.54, 1.807) is 38.0 Å². The van der Waals surface area contributed by atoms with Crippen molar-refractivity contribution in [2.75, 3.05) is 12.4 Å². The van der Waals surface area contributed by atoms with Gasteiger partial charge in [0.05, 0.1) is 18.4 Å². The van der Waals surface area contributed by atoms with Crippen LogP contribution in [0.4, 0.5) is 10.5 Å². The van der Waals surface area contributed by atoms with E-state index in [1.165, 1.54) is 4.90 Å². The molecular formula is C13H17N5O3. The van der Waals surface area contributed by atoms with Crippen molar-refractivity contribution in [2.24, 2.45) is 7.05 Å². The number of urea groups is 1. The van der Waals surface area contributed by atoms with Gasteiger partial charge in [-0.15, -0.1) is 0 Å². The number of anilines is 1. The third-order valence-corrected chi connectivity index (χ3v) is 2.93. The Labute approximate surface area is 121 Å². The van der Waals surface area contributed by atoms with Gasteiger partial charge in [-0.1, -0.05) is 0 Å². The van der Waals surface area contributed by atoms with Gasteiger partial charge in [-0.2, -0.15) is 5.10 Å². The zero-order valence-electron chi connectivity index (χ0n) is 12.0. The SMILES string of the molecule is Cc1cc(NC(=O)N(C)Cc2cnn(C)c2)c(C(=O)O)[nH]1. The monoisotopic (exact) mass is 291 g/mol. The molecule has 8 heteroatoms. The number of aromatic amines is 1. The smallest absolute Gasteiger partial charge is 0.354 e. The summed E-state index contributed by atoms with van der Waals surface area (Å²) in [5.74, 6) is -1.12. The van der Waals surface area contributed by atoms with E-state index in [1.807, 2.05) is 6.20 Å². The molecule has 0 unspecified atom stereocenters. The van der Waals surface area contributed by atoms with E-state index in [9.17, 15) is 9.59 Å². The topological polar surface area (TPSA) is 103 Å². The molecule has 112 valence electrons. The van der Waals surface area contributed by atoms with Crippen LogP contribution >= 0.6 is 0 Å². The lowest BCUT2D eigenvalue weighted by Gasteiger charge is -2.16. The maximum Gasteiger partial charge on any atom is 0.354 e. The van der Waals surface area contributed by atoms with Gasteiger partial charge in [0.2, 0.25) is 0 Å². The molecule has 2 rings (SSSR count). The molecule has 0 aliphatic rings. The van der Waals surface area contributed by atoms with Crippen molar-refractivity contribution in [3.63, 3.8) is 0 Å². The molecule has 0 radical (unpaired) electrons. The lowest BCUT2D eigenvalue weighted by atomic mass is 10.3. The average molecular weight is 291 g/mol. The van der Waals surface area contributed by atoms with Gasteiger partial charge in [-0.3, -0.25) is 4.68 Å². The van der Waals surface area contributed by atoms with E-state index in [2.05, 4.69) is 15.4 Å². The van der Waals surface area contributed by atoms with Gasteiger partial charge in [-0.25, -0.2) is 9.59 Å². The number of carboxylic acids is 1. The lowest BCUT2D eigenvalue weighted by Crippen LogP contribution is -2.31. The fourth-order valence-electron chi connectivity index (χ4n) is 1.97. The zero-order chi connectivity index (χ0) is 15.6. The van der Waals surface area contributed by atoms with Crippen molar-refractivity contribution in [1.82, 2.24) is 19.7 Å². The number of aromatic carboxylic acids is 1. The number of carboxylic acid groups (broad SMARTS) is 1. The second-order valence-corrected chi connectivity index (χ2v) is 4.85. The number of hydrogen-bond donors (Lipinski definition) is 3. The first kappa shape index (κ1) is 14.6. The van der Waals surface area contributed by atoms with Crippen molar-refractivity contribution in [3.05, 3.63) is 35.4 Å². The Morgan fingerprint density at radius 3 is 2.81 bits per heavy atom. The number of hydrogen-bond acceptors (Lipinski definition) is 3. The Bertz CT molecular complexity index is 673. The minimum Gasteiger partial charge on any atom is -0.477 e. The predicted molar refractivity (Wildman–Crippen MR) is 76.2 cm³/mol. The molecule has 2 aromatic heterocycles. The molecule has 0 atom stereocenters. The van der Waals surface area contributed by atoms with Crippen molar-refractivity contribution in [3.8, 4) is 0 Å². The van der Waals surface area contributed by atoms with Gasteiger partial charge >= 0.3 is 12.0 Å². The first-order valence-corrected chi connectivity index (χ1v) is 6.29. The number of nitrogens with one attached hydrogen (secondary N) is 2. The van der Waals surface area contributed by atoms with Crippen LogP contribution in [0.15, 0.2) is 18.5 Å². The van der Waals surface area contributed by atoms with E-state index >= 15 is 0 Å². The van der Waals surface area contributed by atoms with Gasteiger partial charge < -0.3 is 20.3 Å². The number of nitrogens with zero attached hydrogens (tertiary/aromatic N) is 3. The summed E-state index contributed by atoms with van der Waals surface area (Å²) in [5, 5.41) is 15.7. The average Bonchev–Trinajstić information content (AvgIpc) is 2.95. The van der Waals surface area contributed by atoms with Gasteiger partial charge in [0, 0.05) is 31.5 Å². The van der Waals surface area contributed by atoms with Crippen LogP contribution in [0.5, 0.6) is 0 Å². The maximum absolute atomic E-state index is 12.1. The minimum atomic E-state index is -1.12. The van der Waals surface area contributed by atoms with Crippen molar-refractivity contribution in [2.45, 2.75) is 13.5 Å². The highest BCUT2D eigenvalue weighted by molar-refractivity contribution is 5.99. The summed E-state index contributed by atoms with van der Waals surface area (Å²) in [5.41, 5.74) is 1.77. The normalized spacial score (nSPS) is 10.4. The fraction of sp³-hybridized carbons (Fsp3) is 0.308. The molecule has 2 aromatic rings. The Kier molecular flexibility index (Phi) is 3.97. The number of carbonyl (C=O) groups excluding carboxylic acids is 1. The summed E-state index contributed by atoms with van der Waals surface area (Å²) in [7, 11) is 3.42. The number of aryl methyl sites for hydroxylation is 2. The summed E-state index contributed by atoms with van der Waals surface area (Å²) in [6, 6.07) is 1.19. The Morgan fingerprint density at radius 1 is 1.52 bits per heavy atom. The molecule has 0 fully saturated rings. The first-order valence-electron chi connectivity index (χ1n) is 6.29. The van der Waals surface area contributed by atoms with Crippen LogP contribution in [0.3, 0.4) is 0 Å². The highest BCUT2D eigenvalue weighted by Gasteiger charge is 2.17. The molecule has 8 nitrogen and oxygen atoms in total. The van der Waals surface area contributed by atoms with Crippen LogP contribution in [0.25, 0.3) is 0 Å². The quantitative estimate of drug-likeness (QED) is 0.792. The van der Waals surface area contributed by atoms with E-state index in [0.717, 1.165) is 5.56 Å². The number of rotatable bonds is 4. The Morgan fingerprint density at radius 2 is 2.24 bits per heavy atom. The van der Waals surface area contributed by atoms with E-state index < -0.39 is 5.97 Å². The molecule has 0 saturated heterocycles. The third kappa shape index (κ3) is 3.41. The van der Waals surface area contributed by atoms with Gasteiger partial charge in [0.1, 0.15) is 5.69 Å². The highest BCUT2D eigenvalue weighted by Crippen LogP contribution is 2.17. The van der Waals surface area contributed by atoms with Crippen LogP contribution in [0.1, 0.15) is 21.7 Å². The molecule has 0 bridgehead atoms. The van der Waals surface area contributed by atoms with Crippen molar-refractivity contribution < 1.29 is 14.7 Å².